The molecule has 1 aromatic rings. The third-order valence-electron chi connectivity index (χ3n) is 2.41. The SMILES string of the molecule is CCOC(=O)CN(C)c1c(C)cccc1C#N. The summed E-state index contributed by atoms with van der Waals surface area (Å²) in [5.74, 6) is -0.290. The Morgan fingerprint density at radius 1 is 1.53 bits per heavy atom. The van der Waals surface area contributed by atoms with E-state index in [0.717, 1.165) is 11.3 Å². The zero-order valence-electron chi connectivity index (χ0n) is 10.4. The first kappa shape index (κ1) is 13.0. The molecule has 0 aliphatic carbocycles. The number of hydrogen-bond acceptors (Lipinski definition) is 4. The molecule has 0 N–H and O–H groups in total. The third kappa shape index (κ3) is 3.22. The van der Waals surface area contributed by atoms with E-state index in [9.17, 15) is 4.79 Å². The maximum atomic E-state index is 11.4. The molecule has 17 heavy (non-hydrogen) atoms. The largest absolute Gasteiger partial charge is 0.465 e. The molecule has 90 valence electrons. The van der Waals surface area contributed by atoms with Gasteiger partial charge < -0.3 is 9.64 Å². The molecule has 0 aliphatic rings. The van der Waals surface area contributed by atoms with Crippen LogP contribution in [0.25, 0.3) is 0 Å². The van der Waals surface area contributed by atoms with Gasteiger partial charge in [0.25, 0.3) is 0 Å². The van der Waals surface area contributed by atoms with Crippen molar-refractivity contribution in [1.29, 1.82) is 5.26 Å². The lowest BCUT2D eigenvalue weighted by molar-refractivity contribution is -0.141. The van der Waals surface area contributed by atoms with Gasteiger partial charge in [0.05, 0.1) is 17.9 Å². The zero-order valence-corrected chi connectivity index (χ0v) is 10.4. The van der Waals surface area contributed by atoms with Gasteiger partial charge in [-0.25, -0.2) is 0 Å². The van der Waals surface area contributed by atoms with Gasteiger partial charge in [-0.05, 0) is 25.5 Å². The summed E-state index contributed by atoms with van der Waals surface area (Å²) in [6.07, 6.45) is 0. The van der Waals surface area contributed by atoms with Gasteiger partial charge in [-0.3, -0.25) is 4.79 Å². The van der Waals surface area contributed by atoms with Crippen LogP contribution in [0.2, 0.25) is 0 Å². The molecule has 1 aromatic carbocycles. The molecule has 0 amide bonds. The second-order valence-electron chi connectivity index (χ2n) is 3.74. The van der Waals surface area contributed by atoms with E-state index in [1.165, 1.54) is 0 Å². The van der Waals surface area contributed by atoms with Crippen molar-refractivity contribution in [1.82, 2.24) is 0 Å². The Hall–Kier alpha value is -2.02. The third-order valence-corrected chi connectivity index (χ3v) is 2.41. The van der Waals surface area contributed by atoms with Gasteiger partial charge in [0.1, 0.15) is 12.6 Å². The Morgan fingerprint density at radius 2 is 2.24 bits per heavy atom. The van der Waals surface area contributed by atoms with E-state index in [1.54, 1.807) is 24.9 Å². The summed E-state index contributed by atoms with van der Waals surface area (Å²) < 4.78 is 4.88. The number of rotatable bonds is 4. The Balaban J connectivity index is 2.92. The summed E-state index contributed by atoms with van der Waals surface area (Å²) in [5, 5.41) is 9.04. The van der Waals surface area contributed by atoms with Gasteiger partial charge >= 0.3 is 5.97 Å². The van der Waals surface area contributed by atoms with Crippen LogP contribution in [0.1, 0.15) is 18.1 Å². The topological polar surface area (TPSA) is 53.3 Å². The number of anilines is 1. The first-order valence-corrected chi connectivity index (χ1v) is 5.46. The maximum Gasteiger partial charge on any atom is 0.325 e. The average molecular weight is 232 g/mol. The quantitative estimate of drug-likeness (QED) is 0.744. The van der Waals surface area contributed by atoms with Crippen molar-refractivity contribution in [2.24, 2.45) is 0 Å². The Kier molecular flexibility index (Phi) is 4.53. The number of carbonyl (C=O) groups is 1. The number of benzene rings is 1. The van der Waals surface area contributed by atoms with Crippen molar-refractivity contribution in [3.63, 3.8) is 0 Å². The zero-order chi connectivity index (χ0) is 12.8. The van der Waals surface area contributed by atoms with E-state index in [4.69, 9.17) is 10.00 Å². The van der Waals surface area contributed by atoms with Crippen molar-refractivity contribution >= 4 is 11.7 Å². The van der Waals surface area contributed by atoms with E-state index >= 15 is 0 Å². The fourth-order valence-corrected chi connectivity index (χ4v) is 1.74. The van der Waals surface area contributed by atoms with Gasteiger partial charge in [0.2, 0.25) is 0 Å². The molecule has 0 heterocycles. The van der Waals surface area contributed by atoms with Crippen molar-refractivity contribution in [2.75, 3.05) is 25.1 Å². The lowest BCUT2D eigenvalue weighted by atomic mass is 10.1. The highest BCUT2D eigenvalue weighted by molar-refractivity contribution is 5.77. The monoisotopic (exact) mass is 232 g/mol. The number of aryl methyl sites for hydroxylation is 1. The number of nitriles is 1. The molecule has 4 nitrogen and oxygen atoms in total. The van der Waals surface area contributed by atoms with Crippen LogP contribution in [0.15, 0.2) is 18.2 Å². The normalized spacial score (nSPS) is 9.53. The van der Waals surface area contributed by atoms with Crippen LogP contribution in [-0.2, 0) is 9.53 Å². The summed E-state index contributed by atoms with van der Waals surface area (Å²) in [4.78, 5) is 13.1. The van der Waals surface area contributed by atoms with Crippen LogP contribution in [0, 0.1) is 18.3 Å². The minimum Gasteiger partial charge on any atom is -0.465 e. The molecule has 0 saturated heterocycles. The Morgan fingerprint density at radius 3 is 2.82 bits per heavy atom. The van der Waals surface area contributed by atoms with Crippen molar-refractivity contribution in [3.8, 4) is 6.07 Å². The number of hydrogen-bond donors (Lipinski definition) is 0. The summed E-state index contributed by atoms with van der Waals surface area (Å²) in [5.41, 5.74) is 2.32. The van der Waals surface area contributed by atoms with Crippen LogP contribution in [-0.4, -0.2) is 26.2 Å². The van der Waals surface area contributed by atoms with Crippen LogP contribution in [0.5, 0.6) is 0 Å². The van der Waals surface area contributed by atoms with Crippen LogP contribution < -0.4 is 4.90 Å². The molecule has 4 heteroatoms. The number of esters is 1. The van der Waals surface area contributed by atoms with Gasteiger partial charge in [-0.1, -0.05) is 12.1 Å². The predicted octanol–water partition coefficient (Wildman–Crippen LogP) is 1.87. The molecule has 0 spiro atoms. The maximum absolute atomic E-state index is 11.4. The standard InChI is InChI=1S/C13H16N2O2/c1-4-17-12(16)9-15(3)13-10(2)6-5-7-11(13)8-14/h5-7H,4,9H2,1-3H3. The highest BCUT2D eigenvalue weighted by Crippen LogP contribution is 2.23. The number of likely N-dealkylation sites (N-methyl/N-ethyl adjacent to an activating group) is 1. The van der Waals surface area contributed by atoms with Gasteiger partial charge in [-0.15, -0.1) is 0 Å². The van der Waals surface area contributed by atoms with Crippen molar-refractivity contribution < 1.29 is 9.53 Å². The second-order valence-corrected chi connectivity index (χ2v) is 3.74. The summed E-state index contributed by atoms with van der Waals surface area (Å²) >= 11 is 0. The molecular weight excluding hydrogens is 216 g/mol. The minimum absolute atomic E-state index is 0.146. The fraction of sp³-hybridized carbons (Fsp3) is 0.385. The number of nitrogens with zero attached hydrogens (tertiary/aromatic N) is 2. The molecule has 0 aliphatic heterocycles. The van der Waals surface area contributed by atoms with E-state index in [1.807, 2.05) is 19.1 Å². The predicted molar refractivity (Wildman–Crippen MR) is 65.8 cm³/mol. The second kappa shape index (κ2) is 5.90. The molecule has 0 aromatic heterocycles. The van der Waals surface area contributed by atoms with Gasteiger partial charge in [0, 0.05) is 7.05 Å². The Bertz CT molecular complexity index is 449. The van der Waals surface area contributed by atoms with Crippen molar-refractivity contribution in [2.45, 2.75) is 13.8 Å². The lowest BCUT2D eigenvalue weighted by Gasteiger charge is -2.21. The fourth-order valence-electron chi connectivity index (χ4n) is 1.74. The molecule has 1 rings (SSSR count). The van der Waals surface area contributed by atoms with E-state index in [2.05, 4.69) is 6.07 Å². The molecule has 0 radical (unpaired) electrons. The number of carbonyl (C=O) groups excluding carboxylic acids is 1. The number of para-hydroxylation sites is 1. The molecule has 0 unspecified atom stereocenters. The van der Waals surface area contributed by atoms with Crippen LogP contribution >= 0.6 is 0 Å². The van der Waals surface area contributed by atoms with Crippen LogP contribution in [0.3, 0.4) is 0 Å². The first-order valence-electron chi connectivity index (χ1n) is 5.46. The molecule has 0 atom stereocenters. The van der Waals surface area contributed by atoms with Gasteiger partial charge in [0.15, 0.2) is 0 Å². The molecule has 0 saturated carbocycles. The molecule has 0 fully saturated rings. The molecule has 0 bridgehead atoms. The lowest BCUT2D eigenvalue weighted by Crippen LogP contribution is -2.28. The van der Waals surface area contributed by atoms with Gasteiger partial charge in [-0.2, -0.15) is 5.26 Å². The van der Waals surface area contributed by atoms with E-state index in [-0.39, 0.29) is 12.5 Å². The van der Waals surface area contributed by atoms with Crippen molar-refractivity contribution in [3.05, 3.63) is 29.3 Å². The molecular formula is C13H16N2O2. The van der Waals surface area contributed by atoms with E-state index in [0.29, 0.717) is 12.2 Å². The number of ether oxygens (including phenoxy) is 1. The average Bonchev–Trinajstić information content (AvgIpc) is 2.28. The minimum atomic E-state index is -0.290. The first-order chi connectivity index (χ1) is 8.10. The summed E-state index contributed by atoms with van der Waals surface area (Å²) in [6.45, 7) is 4.20. The summed E-state index contributed by atoms with van der Waals surface area (Å²) in [7, 11) is 1.78. The smallest absolute Gasteiger partial charge is 0.325 e. The van der Waals surface area contributed by atoms with E-state index < -0.39 is 0 Å². The van der Waals surface area contributed by atoms with Crippen LogP contribution in [0.4, 0.5) is 5.69 Å². The highest BCUT2D eigenvalue weighted by atomic mass is 16.5. The highest BCUT2D eigenvalue weighted by Gasteiger charge is 2.13. The summed E-state index contributed by atoms with van der Waals surface area (Å²) in [6, 6.07) is 7.61. The Labute approximate surface area is 101 Å².